The molecule has 0 saturated heterocycles. The average molecular weight is 279 g/mol. The molecule has 1 N–H and O–H groups in total. The molecule has 0 aliphatic rings. The maximum absolute atomic E-state index is 12.5. The number of nitrogens with zero attached hydrogens (tertiary/aromatic N) is 2. The Hall–Kier alpha value is -1.08. The molecule has 0 radical (unpaired) electrons. The summed E-state index contributed by atoms with van der Waals surface area (Å²) in [6.07, 6.45) is -2.53. The summed E-state index contributed by atoms with van der Waals surface area (Å²) < 4.78 is 43.9. The van der Waals surface area contributed by atoms with Gasteiger partial charge in [0.2, 0.25) is 0 Å². The van der Waals surface area contributed by atoms with Crippen molar-refractivity contribution in [2.45, 2.75) is 38.5 Å². The van der Waals surface area contributed by atoms with E-state index in [-0.39, 0.29) is 11.6 Å². The van der Waals surface area contributed by atoms with Crippen LogP contribution in [0.1, 0.15) is 32.4 Å². The smallest absolute Gasteiger partial charge is 0.382 e. The molecule has 7 heteroatoms. The molecule has 1 rings (SSSR count). The van der Waals surface area contributed by atoms with E-state index in [2.05, 4.69) is 10.4 Å². The molecule has 1 aromatic rings. The maximum atomic E-state index is 12.5. The Kier molecular flexibility index (Phi) is 4.98. The molecular weight excluding hydrogens is 259 g/mol. The SMILES string of the molecule is COCC(CNC(C)(C)C)n1cc(C(F)(F)F)cn1. The van der Waals surface area contributed by atoms with Crippen molar-refractivity contribution < 1.29 is 17.9 Å². The van der Waals surface area contributed by atoms with E-state index >= 15 is 0 Å². The van der Waals surface area contributed by atoms with Gasteiger partial charge in [-0.3, -0.25) is 4.68 Å². The van der Waals surface area contributed by atoms with Gasteiger partial charge in [-0.15, -0.1) is 0 Å². The molecule has 1 heterocycles. The molecule has 0 saturated carbocycles. The van der Waals surface area contributed by atoms with Gasteiger partial charge in [-0.25, -0.2) is 0 Å². The highest BCUT2D eigenvalue weighted by Crippen LogP contribution is 2.29. The van der Waals surface area contributed by atoms with E-state index in [4.69, 9.17) is 4.74 Å². The summed E-state index contributed by atoms with van der Waals surface area (Å²) in [6.45, 7) is 6.74. The molecular formula is C12H20F3N3O. The van der Waals surface area contributed by atoms with E-state index < -0.39 is 11.7 Å². The van der Waals surface area contributed by atoms with Crippen molar-refractivity contribution in [1.82, 2.24) is 15.1 Å². The Morgan fingerprint density at radius 1 is 1.37 bits per heavy atom. The number of ether oxygens (including phenoxy) is 1. The van der Waals surface area contributed by atoms with Crippen LogP contribution >= 0.6 is 0 Å². The minimum absolute atomic E-state index is 0.119. The minimum atomic E-state index is -4.37. The fourth-order valence-electron chi connectivity index (χ4n) is 1.53. The summed E-state index contributed by atoms with van der Waals surface area (Å²) in [5, 5.41) is 7.01. The quantitative estimate of drug-likeness (QED) is 0.900. The maximum Gasteiger partial charge on any atom is 0.419 e. The largest absolute Gasteiger partial charge is 0.419 e. The number of hydrogen-bond acceptors (Lipinski definition) is 3. The highest BCUT2D eigenvalue weighted by atomic mass is 19.4. The predicted octanol–water partition coefficient (Wildman–Crippen LogP) is 2.48. The monoisotopic (exact) mass is 279 g/mol. The zero-order valence-electron chi connectivity index (χ0n) is 11.6. The van der Waals surface area contributed by atoms with Gasteiger partial charge in [0, 0.05) is 25.4 Å². The van der Waals surface area contributed by atoms with E-state index in [1.807, 2.05) is 20.8 Å². The third kappa shape index (κ3) is 5.20. The summed E-state index contributed by atoms with van der Waals surface area (Å²) in [7, 11) is 1.51. The van der Waals surface area contributed by atoms with Crippen molar-refractivity contribution in [2.75, 3.05) is 20.3 Å². The zero-order valence-corrected chi connectivity index (χ0v) is 11.6. The number of aromatic nitrogens is 2. The topological polar surface area (TPSA) is 39.1 Å². The molecule has 1 unspecified atom stereocenters. The molecule has 1 aromatic heterocycles. The van der Waals surface area contributed by atoms with Crippen LogP contribution in [0.4, 0.5) is 13.2 Å². The summed E-state index contributed by atoms with van der Waals surface area (Å²) in [5.74, 6) is 0. The molecule has 19 heavy (non-hydrogen) atoms. The van der Waals surface area contributed by atoms with Gasteiger partial charge in [-0.1, -0.05) is 0 Å². The van der Waals surface area contributed by atoms with Crippen molar-refractivity contribution in [1.29, 1.82) is 0 Å². The summed E-state index contributed by atoms with van der Waals surface area (Å²) in [5.41, 5.74) is -0.865. The number of halogens is 3. The molecule has 0 aliphatic heterocycles. The van der Waals surface area contributed by atoms with E-state index in [1.165, 1.54) is 11.8 Å². The first-order valence-corrected chi connectivity index (χ1v) is 5.99. The molecule has 0 amide bonds. The molecule has 0 bridgehead atoms. The lowest BCUT2D eigenvalue weighted by molar-refractivity contribution is -0.137. The standard InChI is InChI=1S/C12H20F3N3O/c1-11(2,3)16-6-10(8-19-4)18-7-9(5-17-18)12(13,14)15/h5,7,10,16H,6,8H2,1-4H3. The fraction of sp³-hybridized carbons (Fsp3) is 0.750. The molecule has 0 fully saturated rings. The highest BCUT2D eigenvalue weighted by Gasteiger charge is 2.32. The van der Waals surface area contributed by atoms with Gasteiger partial charge in [-0.05, 0) is 20.8 Å². The van der Waals surface area contributed by atoms with Crippen LogP contribution in [0.15, 0.2) is 12.4 Å². The Labute approximate surface area is 110 Å². The van der Waals surface area contributed by atoms with Crippen molar-refractivity contribution in [3.63, 3.8) is 0 Å². The first-order valence-electron chi connectivity index (χ1n) is 5.99. The number of nitrogens with one attached hydrogen (secondary N) is 1. The van der Waals surface area contributed by atoms with Crippen LogP contribution in [0.5, 0.6) is 0 Å². The molecule has 1 atom stereocenters. The van der Waals surface area contributed by atoms with E-state index in [1.54, 1.807) is 0 Å². The van der Waals surface area contributed by atoms with Gasteiger partial charge in [0.05, 0.1) is 24.4 Å². The number of methoxy groups -OCH3 is 1. The molecule has 110 valence electrons. The Morgan fingerprint density at radius 2 is 2.00 bits per heavy atom. The van der Waals surface area contributed by atoms with Crippen molar-refractivity contribution in [2.24, 2.45) is 0 Å². The minimum Gasteiger partial charge on any atom is -0.382 e. The third-order valence-electron chi connectivity index (χ3n) is 2.53. The van der Waals surface area contributed by atoms with Gasteiger partial charge in [0.25, 0.3) is 0 Å². The average Bonchev–Trinajstić information content (AvgIpc) is 2.71. The summed E-state index contributed by atoms with van der Waals surface area (Å²) in [4.78, 5) is 0. The number of alkyl halides is 3. The molecule has 0 aromatic carbocycles. The lowest BCUT2D eigenvalue weighted by atomic mass is 10.1. The lowest BCUT2D eigenvalue weighted by Crippen LogP contribution is -2.40. The van der Waals surface area contributed by atoms with Gasteiger partial charge in [-0.2, -0.15) is 18.3 Å². The molecule has 0 spiro atoms. The second kappa shape index (κ2) is 5.92. The Morgan fingerprint density at radius 3 is 2.42 bits per heavy atom. The second-order valence-corrected chi connectivity index (χ2v) is 5.45. The van der Waals surface area contributed by atoms with Gasteiger partial charge >= 0.3 is 6.18 Å². The van der Waals surface area contributed by atoms with Crippen LogP contribution < -0.4 is 5.32 Å². The normalized spacial score (nSPS) is 14.7. The third-order valence-corrected chi connectivity index (χ3v) is 2.53. The van der Waals surface area contributed by atoms with Crippen molar-refractivity contribution in [3.05, 3.63) is 18.0 Å². The van der Waals surface area contributed by atoms with Crippen LogP contribution in [-0.2, 0) is 10.9 Å². The molecule has 0 aliphatic carbocycles. The van der Waals surface area contributed by atoms with Crippen molar-refractivity contribution in [3.8, 4) is 0 Å². The van der Waals surface area contributed by atoms with Gasteiger partial charge in [0.15, 0.2) is 0 Å². The Balaban J connectivity index is 2.78. The first-order chi connectivity index (χ1) is 8.63. The van der Waals surface area contributed by atoms with Gasteiger partial charge < -0.3 is 10.1 Å². The molecule has 4 nitrogen and oxygen atoms in total. The van der Waals surface area contributed by atoms with Gasteiger partial charge in [0.1, 0.15) is 0 Å². The summed E-state index contributed by atoms with van der Waals surface area (Å²) >= 11 is 0. The number of hydrogen-bond donors (Lipinski definition) is 1. The lowest BCUT2D eigenvalue weighted by Gasteiger charge is -2.25. The number of rotatable bonds is 5. The van der Waals surface area contributed by atoms with Crippen molar-refractivity contribution >= 4 is 0 Å². The van der Waals surface area contributed by atoms with E-state index in [0.717, 1.165) is 12.4 Å². The van der Waals surface area contributed by atoms with E-state index in [9.17, 15) is 13.2 Å². The zero-order chi connectivity index (χ0) is 14.7. The highest BCUT2D eigenvalue weighted by molar-refractivity contribution is 5.09. The van der Waals surface area contributed by atoms with E-state index in [0.29, 0.717) is 13.2 Å². The van der Waals surface area contributed by atoms with Crippen LogP contribution in [0.25, 0.3) is 0 Å². The predicted molar refractivity (Wildman–Crippen MR) is 65.9 cm³/mol. The fourth-order valence-corrected chi connectivity index (χ4v) is 1.53. The van der Waals surface area contributed by atoms with Crippen LogP contribution in [0.3, 0.4) is 0 Å². The Bertz CT molecular complexity index is 396. The van der Waals surface area contributed by atoms with Crippen LogP contribution in [0, 0.1) is 0 Å². The second-order valence-electron chi connectivity index (χ2n) is 5.45. The summed E-state index contributed by atoms with van der Waals surface area (Å²) in [6, 6.07) is -0.277. The van der Waals surface area contributed by atoms with Crippen LogP contribution in [0.2, 0.25) is 0 Å². The van der Waals surface area contributed by atoms with Crippen LogP contribution in [-0.4, -0.2) is 35.6 Å². The first kappa shape index (κ1) is 16.0.